The van der Waals surface area contributed by atoms with Crippen LogP contribution in [0.25, 0.3) is 0 Å². The smallest absolute Gasteiger partial charge is 0.262 e. The van der Waals surface area contributed by atoms with Gasteiger partial charge >= 0.3 is 0 Å². The van der Waals surface area contributed by atoms with Crippen LogP contribution in [0.1, 0.15) is 59.4 Å². The Labute approximate surface area is 211 Å². The van der Waals surface area contributed by atoms with E-state index in [4.69, 9.17) is 5.73 Å². The zero-order chi connectivity index (χ0) is 25.8. The van der Waals surface area contributed by atoms with Gasteiger partial charge in [-0.25, -0.2) is 0 Å². The third-order valence-electron chi connectivity index (χ3n) is 7.06. The van der Waals surface area contributed by atoms with Crippen molar-refractivity contribution in [3.63, 3.8) is 0 Å². The Bertz CT molecular complexity index is 1100. The van der Waals surface area contributed by atoms with E-state index >= 15 is 0 Å². The molecule has 2 aliphatic heterocycles. The van der Waals surface area contributed by atoms with Gasteiger partial charge in [0.2, 0.25) is 11.8 Å². The number of nitrogens with one attached hydrogen (secondary N) is 1. The van der Waals surface area contributed by atoms with Crippen LogP contribution in [-0.4, -0.2) is 59.1 Å². The summed E-state index contributed by atoms with van der Waals surface area (Å²) in [4.78, 5) is 54.0. The highest BCUT2D eigenvalue weighted by Gasteiger charge is 2.42. The molecule has 3 N–H and O–H groups in total. The van der Waals surface area contributed by atoms with Crippen LogP contribution in [0.2, 0.25) is 0 Å². The van der Waals surface area contributed by atoms with Gasteiger partial charge in [-0.2, -0.15) is 0 Å². The summed E-state index contributed by atoms with van der Waals surface area (Å²) in [5.74, 6) is -1.32. The lowest BCUT2D eigenvalue weighted by Crippen LogP contribution is -2.47. The maximum Gasteiger partial charge on any atom is 0.262 e. The zero-order valence-corrected chi connectivity index (χ0v) is 20.9. The Morgan fingerprint density at radius 2 is 1.56 bits per heavy atom. The minimum Gasteiger partial charge on any atom is -0.369 e. The molecule has 1 fully saturated rings. The summed E-state index contributed by atoms with van der Waals surface area (Å²) in [6, 6.07) is 13.4. The Morgan fingerprint density at radius 1 is 0.972 bits per heavy atom. The van der Waals surface area contributed by atoms with Gasteiger partial charge in [0.05, 0.1) is 11.1 Å². The number of amides is 4. The van der Waals surface area contributed by atoms with Crippen molar-refractivity contribution in [3.05, 3.63) is 65.2 Å². The zero-order valence-electron chi connectivity index (χ0n) is 20.9. The normalized spacial score (nSPS) is 17.4. The van der Waals surface area contributed by atoms with Gasteiger partial charge in [-0.15, -0.1) is 0 Å². The molecule has 2 aliphatic rings. The highest BCUT2D eigenvalue weighted by molar-refractivity contribution is 6.23. The van der Waals surface area contributed by atoms with Crippen molar-refractivity contribution in [3.8, 4) is 0 Å². The van der Waals surface area contributed by atoms with Crippen molar-refractivity contribution < 1.29 is 19.2 Å². The minimum atomic E-state index is -0.889. The van der Waals surface area contributed by atoms with Crippen LogP contribution in [0, 0.1) is 11.8 Å². The van der Waals surface area contributed by atoms with Gasteiger partial charge in [-0.1, -0.05) is 38.1 Å². The molecule has 1 unspecified atom stereocenters. The second-order valence-electron chi connectivity index (χ2n) is 10.1. The van der Waals surface area contributed by atoms with Crippen molar-refractivity contribution in [1.29, 1.82) is 0 Å². The Kier molecular flexibility index (Phi) is 7.84. The van der Waals surface area contributed by atoms with Crippen LogP contribution in [0.15, 0.2) is 48.5 Å². The molecular formula is C28H34N4O4. The summed E-state index contributed by atoms with van der Waals surface area (Å²) in [6.45, 7) is 6.56. The molecule has 36 heavy (non-hydrogen) atoms. The van der Waals surface area contributed by atoms with Gasteiger partial charge in [-0.3, -0.25) is 24.1 Å². The number of rotatable bonds is 9. The highest BCUT2D eigenvalue weighted by Crippen LogP contribution is 2.27. The van der Waals surface area contributed by atoms with E-state index in [0.717, 1.165) is 49.4 Å². The minimum absolute atomic E-state index is 0.0102. The van der Waals surface area contributed by atoms with E-state index in [1.165, 1.54) is 0 Å². The molecule has 0 saturated carbocycles. The number of piperidine rings is 1. The molecule has 2 aromatic rings. The summed E-state index contributed by atoms with van der Waals surface area (Å²) in [7, 11) is 0. The first-order valence-electron chi connectivity index (χ1n) is 12.6. The Balaban J connectivity index is 1.37. The van der Waals surface area contributed by atoms with Crippen molar-refractivity contribution in [2.24, 2.45) is 17.6 Å². The second-order valence-corrected chi connectivity index (χ2v) is 10.1. The van der Waals surface area contributed by atoms with Crippen LogP contribution < -0.4 is 11.1 Å². The number of hydrogen-bond donors (Lipinski definition) is 2. The Hall–Kier alpha value is -3.52. The molecule has 1 saturated heterocycles. The predicted octanol–water partition coefficient (Wildman–Crippen LogP) is 3.08. The van der Waals surface area contributed by atoms with Gasteiger partial charge in [0.1, 0.15) is 6.04 Å². The fourth-order valence-electron chi connectivity index (χ4n) is 4.98. The molecule has 8 nitrogen and oxygen atoms in total. The first-order chi connectivity index (χ1) is 17.2. The molecule has 0 aliphatic carbocycles. The number of benzene rings is 2. The van der Waals surface area contributed by atoms with Crippen molar-refractivity contribution in [1.82, 2.24) is 9.80 Å². The molecule has 0 bridgehead atoms. The summed E-state index contributed by atoms with van der Waals surface area (Å²) in [5.41, 5.74) is 7.86. The van der Waals surface area contributed by atoms with Crippen LogP contribution in [0.3, 0.4) is 0 Å². The molecule has 4 amide bonds. The maximum atomic E-state index is 13.3. The van der Waals surface area contributed by atoms with Gasteiger partial charge in [-0.05, 0) is 74.5 Å². The first-order valence-corrected chi connectivity index (χ1v) is 12.6. The Morgan fingerprint density at radius 3 is 2.08 bits per heavy atom. The number of hydrogen-bond acceptors (Lipinski definition) is 5. The standard InChI is InChI=1S/C28H34N4O4/c1-18(2)17-24(32-27(35)22-5-3-4-6-23(22)28(32)36)26(34)30-21-9-7-19(8-10-21)11-14-31-15-12-20(13-16-31)25(29)33/h3-10,18,20,24H,11-17H2,1-2H3,(H2,29,33)(H,30,34). The largest absolute Gasteiger partial charge is 0.369 e. The van der Waals surface area contributed by atoms with Crippen LogP contribution >= 0.6 is 0 Å². The molecular weight excluding hydrogens is 456 g/mol. The molecule has 1 atom stereocenters. The fourth-order valence-corrected chi connectivity index (χ4v) is 4.98. The van der Waals surface area contributed by atoms with E-state index in [-0.39, 0.29) is 23.7 Å². The van der Waals surface area contributed by atoms with Crippen molar-refractivity contribution >= 4 is 29.3 Å². The molecule has 0 radical (unpaired) electrons. The monoisotopic (exact) mass is 490 g/mol. The highest BCUT2D eigenvalue weighted by atomic mass is 16.2. The van der Waals surface area contributed by atoms with Gasteiger partial charge in [0.25, 0.3) is 11.8 Å². The van der Waals surface area contributed by atoms with Gasteiger partial charge in [0.15, 0.2) is 0 Å². The summed E-state index contributed by atoms with van der Waals surface area (Å²) in [5, 5.41) is 2.90. The molecule has 8 heteroatoms. The summed E-state index contributed by atoms with van der Waals surface area (Å²) in [6.07, 6.45) is 2.86. The number of primary amides is 1. The number of likely N-dealkylation sites (tertiary alicyclic amines) is 1. The number of nitrogens with zero attached hydrogens (tertiary/aromatic N) is 2. The lowest BCUT2D eigenvalue weighted by atomic mass is 9.96. The van der Waals surface area contributed by atoms with Crippen LogP contribution in [0.5, 0.6) is 0 Å². The number of nitrogens with two attached hydrogens (primary N) is 1. The van der Waals surface area contributed by atoms with Crippen molar-refractivity contribution in [2.75, 3.05) is 25.0 Å². The molecule has 4 rings (SSSR count). The first kappa shape index (κ1) is 25.6. The molecule has 0 aromatic heterocycles. The number of carbonyl (C=O) groups is 4. The summed E-state index contributed by atoms with van der Waals surface area (Å²) >= 11 is 0. The lowest BCUT2D eigenvalue weighted by Gasteiger charge is -2.30. The van der Waals surface area contributed by atoms with Crippen LogP contribution in [-0.2, 0) is 16.0 Å². The lowest BCUT2D eigenvalue weighted by molar-refractivity contribution is -0.123. The quantitative estimate of drug-likeness (QED) is 0.525. The predicted molar refractivity (Wildman–Crippen MR) is 137 cm³/mol. The average molecular weight is 491 g/mol. The third kappa shape index (κ3) is 5.65. The van der Waals surface area contributed by atoms with Gasteiger partial charge in [0, 0.05) is 18.2 Å². The average Bonchev–Trinajstić information content (AvgIpc) is 3.12. The topological polar surface area (TPSA) is 113 Å². The number of imide groups is 1. The maximum absolute atomic E-state index is 13.3. The third-order valence-corrected chi connectivity index (χ3v) is 7.06. The van der Waals surface area contributed by atoms with E-state index in [9.17, 15) is 19.2 Å². The van der Waals surface area contributed by atoms with E-state index < -0.39 is 17.9 Å². The summed E-state index contributed by atoms with van der Waals surface area (Å²) < 4.78 is 0. The molecule has 0 spiro atoms. The number of fused-ring (bicyclic) bond motifs is 1. The SMILES string of the molecule is CC(C)CC(C(=O)Nc1ccc(CCN2CCC(C(N)=O)CC2)cc1)N1C(=O)c2ccccc2C1=O. The van der Waals surface area contributed by atoms with Crippen LogP contribution in [0.4, 0.5) is 5.69 Å². The van der Waals surface area contributed by atoms with E-state index in [2.05, 4.69) is 10.2 Å². The molecule has 2 aromatic carbocycles. The van der Waals surface area contributed by atoms with E-state index in [0.29, 0.717) is 23.2 Å². The fraction of sp³-hybridized carbons (Fsp3) is 0.429. The molecule has 2 heterocycles. The van der Waals surface area contributed by atoms with E-state index in [1.54, 1.807) is 24.3 Å². The number of anilines is 1. The second kappa shape index (κ2) is 11.0. The van der Waals surface area contributed by atoms with Gasteiger partial charge < -0.3 is 16.0 Å². The van der Waals surface area contributed by atoms with E-state index in [1.807, 2.05) is 38.1 Å². The molecule has 190 valence electrons. The van der Waals surface area contributed by atoms with Crippen molar-refractivity contribution in [2.45, 2.75) is 45.6 Å². The number of carbonyl (C=O) groups excluding carboxylic acids is 4.